The lowest BCUT2D eigenvalue weighted by molar-refractivity contribution is -0.147. The molecule has 0 aromatic heterocycles. The van der Waals surface area contributed by atoms with Gasteiger partial charge in [0.1, 0.15) is 0 Å². The van der Waals surface area contributed by atoms with Crippen LogP contribution in [0.5, 0.6) is 0 Å². The Morgan fingerprint density at radius 1 is 1.25 bits per heavy atom. The van der Waals surface area contributed by atoms with Gasteiger partial charge in [0.05, 0.1) is 24.5 Å². The highest BCUT2D eigenvalue weighted by Gasteiger charge is 2.38. The van der Waals surface area contributed by atoms with Crippen LogP contribution in [0.3, 0.4) is 0 Å². The second-order valence-corrected chi connectivity index (χ2v) is 8.24. The second-order valence-electron chi connectivity index (χ2n) is 6.01. The molecular weight excluding hydrogens is 278 g/mol. The molecule has 2 rings (SSSR count). The Morgan fingerprint density at radius 2 is 1.90 bits per heavy atom. The smallest absolute Gasteiger partial charge is 0.310 e. The third-order valence-corrected chi connectivity index (χ3v) is 6.29. The van der Waals surface area contributed by atoms with E-state index in [0.29, 0.717) is 13.0 Å². The quantitative estimate of drug-likeness (QED) is 0.727. The lowest BCUT2D eigenvalue weighted by Crippen LogP contribution is -2.38. The van der Waals surface area contributed by atoms with Gasteiger partial charge in [0, 0.05) is 6.54 Å². The monoisotopic (exact) mass is 303 g/mol. The molecule has 2 saturated heterocycles. The highest BCUT2D eigenvalue weighted by molar-refractivity contribution is 7.91. The van der Waals surface area contributed by atoms with Gasteiger partial charge in [-0.15, -0.1) is 0 Å². The van der Waals surface area contributed by atoms with Gasteiger partial charge in [-0.3, -0.25) is 4.79 Å². The number of esters is 1. The lowest BCUT2D eigenvalue weighted by atomic mass is 9.91. The standard InChI is InChI=1S/C14H25NO4S/c1-19-14(16)13(12-6-9-20(17,18)11-12)10-15-7-4-2-3-5-8-15/h12-13H,2-11H2,1H3. The van der Waals surface area contributed by atoms with Crippen molar-refractivity contribution in [1.29, 1.82) is 0 Å². The molecule has 0 aromatic rings. The normalized spacial score (nSPS) is 28.8. The molecule has 0 spiro atoms. The van der Waals surface area contributed by atoms with Crippen LogP contribution in [0.2, 0.25) is 0 Å². The summed E-state index contributed by atoms with van der Waals surface area (Å²) >= 11 is 0. The first kappa shape index (κ1) is 15.8. The fourth-order valence-corrected chi connectivity index (χ4v) is 5.19. The van der Waals surface area contributed by atoms with Crippen molar-refractivity contribution in [3.8, 4) is 0 Å². The number of carbonyl (C=O) groups is 1. The van der Waals surface area contributed by atoms with Crippen LogP contribution >= 0.6 is 0 Å². The van der Waals surface area contributed by atoms with Crippen molar-refractivity contribution in [1.82, 2.24) is 4.90 Å². The van der Waals surface area contributed by atoms with Gasteiger partial charge in [-0.25, -0.2) is 8.42 Å². The van der Waals surface area contributed by atoms with Crippen LogP contribution in [-0.4, -0.2) is 57.5 Å². The first-order valence-corrected chi connectivity index (χ1v) is 9.34. The summed E-state index contributed by atoms with van der Waals surface area (Å²) in [4.78, 5) is 14.3. The zero-order valence-corrected chi connectivity index (χ0v) is 13.0. The Labute approximate surface area is 121 Å². The number of rotatable bonds is 4. The third kappa shape index (κ3) is 4.19. The van der Waals surface area contributed by atoms with Gasteiger partial charge >= 0.3 is 5.97 Å². The molecular formula is C14H25NO4S. The number of sulfone groups is 1. The topological polar surface area (TPSA) is 63.7 Å². The molecule has 5 nitrogen and oxygen atoms in total. The van der Waals surface area contributed by atoms with Crippen LogP contribution in [-0.2, 0) is 19.4 Å². The van der Waals surface area contributed by atoms with E-state index in [-0.39, 0.29) is 29.3 Å². The molecule has 6 heteroatoms. The average molecular weight is 303 g/mol. The molecule has 2 unspecified atom stereocenters. The summed E-state index contributed by atoms with van der Waals surface area (Å²) in [5, 5.41) is 0. The maximum Gasteiger partial charge on any atom is 0.310 e. The molecule has 2 aliphatic rings. The van der Waals surface area contributed by atoms with E-state index in [1.54, 1.807) is 0 Å². The van der Waals surface area contributed by atoms with E-state index >= 15 is 0 Å². The summed E-state index contributed by atoms with van der Waals surface area (Å²) < 4.78 is 28.2. The molecule has 2 aliphatic heterocycles. The number of carbonyl (C=O) groups excluding carboxylic acids is 1. The van der Waals surface area contributed by atoms with Gasteiger partial charge < -0.3 is 9.64 Å². The van der Waals surface area contributed by atoms with Crippen molar-refractivity contribution in [3.63, 3.8) is 0 Å². The van der Waals surface area contributed by atoms with Crippen LogP contribution in [0.15, 0.2) is 0 Å². The number of hydrogen-bond donors (Lipinski definition) is 0. The van der Waals surface area contributed by atoms with Gasteiger partial charge in [-0.2, -0.15) is 0 Å². The number of methoxy groups -OCH3 is 1. The number of nitrogens with zero attached hydrogens (tertiary/aromatic N) is 1. The van der Waals surface area contributed by atoms with Crippen molar-refractivity contribution in [2.45, 2.75) is 32.1 Å². The summed E-state index contributed by atoms with van der Waals surface area (Å²) in [6.07, 6.45) is 5.41. The number of ether oxygens (including phenoxy) is 1. The fourth-order valence-electron chi connectivity index (χ4n) is 3.31. The van der Waals surface area contributed by atoms with Crippen molar-refractivity contribution in [2.75, 3.05) is 38.2 Å². The zero-order chi connectivity index (χ0) is 14.6. The Kier molecular flexibility index (Phi) is 5.43. The maximum absolute atomic E-state index is 12.0. The molecule has 0 N–H and O–H groups in total. The van der Waals surface area contributed by atoms with E-state index in [9.17, 15) is 13.2 Å². The molecule has 0 saturated carbocycles. The van der Waals surface area contributed by atoms with Crippen LogP contribution in [0, 0.1) is 11.8 Å². The number of hydrogen-bond acceptors (Lipinski definition) is 5. The third-order valence-electron chi connectivity index (χ3n) is 4.49. The molecule has 2 fully saturated rings. The summed E-state index contributed by atoms with van der Waals surface area (Å²) in [7, 11) is -1.57. The van der Waals surface area contributed by atoms with Crippen molar-refractivity contribution >= 4 is 15.8 Å². The Hall–Kier alpha value is -0.620. The summed E-state index contributed by atoms with van der Waals surface area (Å²) in [5.74, 6) is -0.270. The van der Waals surface area contributed by atoms with Crippen molar-refractivity contribution in [3.05, 3.63) is 0 Å². The van der Waals surface area contributed by atoms with E-state index in [2.05, 4.69) is 4.90 Å². The van der Waals surface area contributed by atoms with Gasteiger partial charge in [-0.1, -0.05) is 12.8 Å². The van der Waals surface area contributed by atoms with E-state index in [4.69, 9.17) is 4.74 Å². The predicted octanol–water partition coefficient (Wildman–Crippen LogP) is 1.09. The Balaban J connectivity index is 2.02. The molecule has 2 heterocycles. The van der Waals surface area contributed by atoms with Crippen LogP contribution in [0.4, 0.5) is 0 Å². The SMILES string of the molecule is COC(=O)C(CN1CCCCCC1)C1CCS(=O)(=O)C1. The lowest BCUT2D eigenvalue weighted by Gasteiger charge is -2.27. The Bertz CT molecular complexity index is 426. The maximum atomic E-state index is 12.0. The summed E-state index contributed by atoms with van der Waals surface area (Å²) in [6, 6.07) is 0. The minimum atomic E-state index is -2.96. The highest BCUT2D eigenvalue weighted by atomic mass is 32.2. The zero-order valence-electron chi connectivity index (χ0n) is 12.2. The number of likely N-dealkylation sites (tertiary alicyclic amines) is 1. The van der Waals surface area contributed by atoms with Gasteiger partial charge in [0.2, 0.25) is 0 Å². The molecule has 20 heavy (non-hydrogen) atoms. The van der Waals surface area contributed by atoms with Crippen LogP contribution in [0.25, 0.3) is 0 Å². The van der Waals surface area contributed by atoms with Gasteiger partial charge in [0.15, 0.2) is 9.84 Å². The van der Waals surface area contributed by atoms with Gasteiger partial charge in [-0.05, 0) is 38.3 Å². The minimum absolute atomic E-state index is 0.0734. The molecule has 116 valence electrons. The molecule has 0 bridgehead atoms. The Morgan fingerprint density at radius 3 is 2.40 bits per heavy atom. The first-order chi connectivity index (χ1) is 9.52. The summed E-state index contributed by atoms with van der Waals surface area (Å²) in [6.45, 7) is 2.66. The van der Waals surface area contributed by atoms with E-state index < -0.39 is 9.84 Å². The fraction of sp³-hybridized carbons (Fsp3) is 0.929. The van der Waals surface area contributed by atoms with E-state index in [1.807, 2.05) is 0 Å². The van der Waals surface area contributed by atoms with Gasteiger partial charge in [0.25, 0.3) is 0 Å². The molecule has 2 atom stereocenters. The van der Waals surface area contributed by atoms with Crippen LogP contribution < -0.4 is 0 Å². The molecule has 0 aliphatic carbocycles. The highest BCUT2D eigenvalue weighted by Crippen LogP contribution is 2.28. The van der Waals surface area contributed by atoms with Crippen molar-refractivity contribution in [2.24, 2.45) is 11.8 Å². The average Bonchev–Trinajstić information content (AvgIpc) is 2.64. The largest absolute Gasteiger partial charge is 0.469 e. The summed E-state index contributed by atoms with van der Waals surface area (Å²) in [5.41, 5.74) is 0. The predicted molar refractivity (Wildman–Crippen MR) is 77.2 cm³/mol. The first-order valence-electron chi connectivity index (χ1n) is 7.52. The van der Waals surface area contributed by atoms with E-state index in [1.165, 1.54) is 20.0 Å². The van der Waals surface area contributed by atoms with E-state index in [0.717, 1.165) is 25.9 Å². The molecule has 0 aromatic carbocycles. The molecule has 0 radical (unpaired) electrons. The molecule has 0 amide bonds. The minimum Gasteiger partial charge on any atom is -0.469 e. The van der Waals surface area contributed by atoms with Crippen molar-refractivity contribution < 1.29 is 17.9 Å². The van der Waals surface area contributed by atoms with Crippen LogP contribution in [0.1, 0.15) is 32.1 Å². The second kappa shape index (κ2) is 6.89.